The standard InChI is InChI=1S/C14H10BrFO3/c1-19-13-5-2-8(14(17)18)6-11(13)10-7-9(15)3-4-12(10)16/h2-7H,1H3,(H,17,18). The van der Waals surface area contributed by atoms with Gasteiger partial charge in [0, 0.05) is 15.6 Å². The second kappa shape index (κ2) is 5.40. The van der Waals surface area contributed by atoms with Crippen molar-refractivity contribution in [2.24, 2.45) is 0 Å². The maximum atomic E-state index is 13.9. The predicted octanol–water partition coefficient (Wildman–Crippen LogP) is 3.96. The minimum Gasteiger partial charge on any atom is -0.496 e. The lowest BCUT2D eigenvalue weighted by atomic mass is 10.0. The summed E-state index contributed by atoms with van der Waals surface area (Å²) in [6, 6.07) is 8.79. The predicted molar refractivity (Wildman–Crippen MR) is 73.0 cm³/mol. The number of hydrogen-bond acceptors (Lipinski definition) is 2. The number of methoxy groups -OCH3 is 1. The Balaban J connectivity index is 2.68. The molecule has 0 radical (unpaired) electrons. The van der Waals surface area contributed by atoms with E-state index in [1.165, 1.54) is 31.4 Å². The van der Waals surface area contributed by atoms with Crippen LogP contribution in [0.25, 0.3) is 11.1 Å². The fourth-order valence-electron chi connectivity index (χ4n) is 1.76. The third kappa shape index (κ3) is 2.76. The van der Waals surface area contributed by atoms with Crippen molar-refractivity contribution in [1.29, 1.82) is 0 Å². The molecule has 2 aromatic carbocycles. The van der Waals surface area contributed by atoms with Crippen LogP contribution in [-0.4, -0.2) is 18.2 Å². The number of ether oxygens (including phenoxy) is 1. The molecule has 2 rings (SSSR count). The van der Waals surface area contributed by atoms with Crippen molar-refractivity contribution in [2.75, 3.05) is 7.11 Å². The molecule has 5 heteroatoms. The van der Waals surface area contributed by atoms with Gasteiger partial charge in [0.2, 0.25) is 0 Å². The van der Waals surface area contributed by atoms with Crippen molar-refractivity contribution in [1.82, 2.24) is 0 Å². The molecule has 1 N–H and O–H groups in total. The van der Waals surface area contributed by atoms with Crippen LogP contribution in [0.1, 0.15) is 10.4 Å². The van der Waals surface area contributed by atoms with Crippen LogP contribution in [0.2, 0.25) is 0 Å². The zero-order valence-electron chi connectivity index (χ0n) is 9.98. The summed E-state index contributed by atoms with van der Waals surface area (Å²) in [5, 5.41) is 9.00. The lowest BCUT2D eigenvalue weighted by molar-refractivity contribution is 0.0697. The van der Waals surface area contributed by atoms with Gasteiger partial charge in [0.15, 0.2) is 0 Å². The molecule has 0 atom stereocenters. The highest BCUT2D eigenvalue weighted by atomic mass is 79.9. The zero-order valence-corrected chi connectivity index (χ0v) is 11.6. The summed E-state index contributed by atoms with van der Waals surface area (Å²) in [7, 11) is 1.45. The maximum Gasteiger partial charge on any atom is 0.335 e. The van der Waals surface area contributed by atoms with Crippen molar-refractivity contribution in [3.05, 3.63) is 52.3 Å². The Hall–Kier alpha value is -1.88. The molecule has 0 spiro atoms. The SMILES string of the molecule is COc1ccc(C(=O)O)cc1-c1cc(Br)ccc1F. The highest BCUT2D eigenvalue weighted by Crippen LogP contribution is 2.34. The van der Waals surface area contributed by atoms with Crippen molar-refractivity contribution < 1.29 is 19.0 Å². The zero-order chi connectivity index (χ0) is 14.0. The van der Waals surface area contributed by atoms with Gasteiger partial charge >= 0.3 is 5.97 Å². The number of halogens is 2. The van der Waals surface area contributed by atoms with E-state index in [0.29, 0.717) is 15.8 Å². The molecular weight excluding hydrogens is 315 g/mol. The summed E-state index contributed by atoms with van der Waals surface area (Å²) in [5.74, 6) is -1.09. The largest absolute Gasteiger partial charge is 0.496 e. The summed E-state index contributed by atoms with van der Waals surface area (Å²) in [5.41, 5.74) is 0.769. The number of carboxylic acid groups (broad SMARTS) is 1. The quantitative estimate of drug-likeness (QED) is 0.929. The van der Waals surface area contributed by atoms with Gasteiger partial charge in [-0.25, -0.2) is 9.18 Å². The second-order valence-electron chi connectivity index (χ2n) is 3.84. The van der Waals surface area contributed by atoms with Crippen LogP contribution in [0.15, 0.2) is 40.9 Å². The minimum atomic E-state index is -1.07. The average Bonchev–Trinajstić information content (AvgIpc) is 2.40. The van der Waals surface area contributed by atoms with E-state index < -0.39 is 11.8 Å². The number of carbonyl (C=O) groups is 1. The molecule has 0 aliphatic heterocycles. The van der Waals surface area contributed by atoms with E-state index in [1.54, 1.807) is 12.1 Å². The first kappa shape index (κ1) is 13.5. The van der Waals surface area contributed by atoms with Crippen LogP contribution in [0.5, 0.6) is 5.75 Å². The summed E-state index contributed by atoms with van der Waals surface area (Å²) < 4.78 is 19.7. The topological polar surface area (TPSA) is 46.5 Å². The van der Waals surface area contributed by atoms with Crippen molar-refractivity contribution in [2.45, 2.75) is 0 Å². The molecule has 0 fully saturated rings. The Morgan fingerprint density at radius 3 is 2.58 bits per heavy atom. The lowest BCUT2D eigenvalue weighted by Gasteiger charge is -2.11. The van der Waals surface area contributed by atoms with Gasteiger partial charge in [0.1, 0.15) is 11.6 Å². The molecule has 98 valence electrons. The van der Waals surface area contributed by atoms with E-state index in [9.17, 15) is 9.18 Å². The van der Waals surface area contributed by atoms with Crippen LogP contribution >= 0.6 is 15.9 Å². The monoisotopic (exact) mass is 324 g/mol. The lowest BCUT2D eigenvalue weighted by Crippen LogP contribution is -1.98. The third-order valence-corrected chi connectivity index (χ3v) is 3.16. The molecule has 0 amide bonds. The van der Waals surface area contributed by atoms with Crippen LogP contribution in [0.4, 0.5) is 4.39 Å². The molecule has 0 bridgehead atoms. The Labute approximate surface area is 117 Å². The Bertz CT molecular complexity index is 641. The van der Waals surface area contributed by atoms with Crippen LogP contribution in [0.3, 0.4) is 0 Å². The summed E-state index contributed by atoms with van der Waals surface area (Å²) in [6.45, 7) is 0. The first-order valence-electron chi connectivity index (χ1n) is 5.39. The van der Waals surface area contributed by atoms with E-state index in [4.69, 9.17) is 9.84 Å². The number of rotatable bonds is 3. The molecule has 0 aliphatic carbocycles. The molecule has 0 saturated carbocycles. The number of benzene rings is 2. The minimum absolute atomic E-state index is 0.0789. The first-order valence-corrected chi connectivity index (χ1v) is 6.19. The van der Waals surface area contributed by atoms with E-state index in [1.807, 2.05) is 0 Å². The Morgan fingerprint density at radius 1 is 1.21 bits per heavy atom. The second-order valence-corrected chi connectivity index (χ2v) is 4.76. The van der Waals surface area contributed by atoms with Crippen LogP contribution < -0.4 is 4.74 Å². The molecule has 0 aliphatic rings. The van der Waals surface area contributed by atoms with E-state index >= 15 is 0 Å². The maximum absolute atomic E-state index is 13.9. The molecule has 0 aromatic heterocycles. The normalized spacial score (nSPS) is 10.3. The first-order chi connectivity index (χ1) is 9.02. The van der Waals surface area contributed by atoms with Gasteiger partial charge in [-0.2, -0.15) is 0 Å². The fourth-order valence-corrected chi connectivity index (χ4v) is 2.12. The highest BCUT2D eigenvalue weighted by molar-refractivity contribution is 9.10. The van der Waals surface area contributed by atoms with Gasteiger partial charge in [0.25, 0.3) is 0 Å². The van der Waals surface area contributed by atoms with Crippen LogP contribution in [0, 0.1) is 5.82 Å². The number of hydrogen-bond donors (Lipinski definition) is 1. The molecule has 0 saturated heterocycles. The van der Waals surface area contributed by atoms with Gasteiger partial charge in [-0.3, -0.25) is 0 Å². The number of aromatic carboxylic acids is 1. The van der Waals surface area contributed by atoms with E-state index in [0.717, 1.165) is 0 Å². The highest BCUT2D eigenvalue weighted by Gasteiger charge is 2.14. The molecule has 3 nitrogen and oxygen atoms in total. The average molecular weight is 325 g/mol. The van der Waals surface area contributed by atoms with E-state index in [-0.39, 0.29) is 11.1 Å². The van der Waals surface area contributed by atoms with Gasteiger partial charge in [0.05, 0.1) is 12.7 Å². The van der Waals surface area contributed by atoms with Gasteiger partial charge in [-0.15, -0.1) is 0 Å². The smallest absolute Gasteiger partial charge is 0.335 e. The van der Waals surface area contributed by atoms with Gasteiger partial charge in [-0.05, 0) is 36.4 Å². The molecular formula is C14H10BrFO3. The summed E-state index contributed by atoms with van der Waals surface area (Å²) >= 11 is 3.26. The Kier molecular flexibility index (Phi) is 3.85. The summed E-state index contributed by atoms with van der Waals surface area (Å²) in [6.07, 6.45) is 0. The summed E-state index contributed by atoms with van der Waals surface area (Å²) in [4.78, 5) is 11.0. The van der Waals surface area contributed by atoms with Gasteiger partial charge in [-0.1, -0.05) is 15.9 Å². The van der Waals surface area contributed by atoms with Crippen molar-refractivity contribution >= 4 is 21.9 Å². The molecule has 0 unspecified atom stereocenters. The van der Waals surface area contributed by atoms with E-state index in [2.05, 4.69) is 15.9 Å². The number of carboxylic acids is 1. The Morgan fingerprint density at radius 2 is 1.95 bits per heavy atom. The molecule has 0 heterocycles. The van der Waals surface area contributed by atoms with Crippen molar-refractivity contribution in [3.8, 4) is 16.9 Å². The van der Waals surface area contributed by atoms with Gasteiger partial charge < -0.3 is 9.84 Å². The fraction of sp³-hybridized carbons (Fsp3) is 0.0714. The third-order valence-electron chi connectivity index (χ3n) is 2.67. The molecule has 19 heavy (non-hydrogen) atoms. The molecule has 2 aromatic rings. The van der Waals surface area contributed by atoms with Crippen LogP contribution in [-0.2, 0) is 0 Å². The van der Waals surface area contributed by atoms with Crippen molar-refractivity contribution in [3.63, 3.8) is 0 Å².